The zero-order valence-electron chi connectivity index (χ0n) is 10.5. The molecule has 0 unspecified atom stereocenters. The summed E-state index contributed by atoms with van der Waals surface area (Å²) in [4.78, 5) is -0.156. The predicted octanol–water partition coefficient (Wildman–Crippen LogP) is 0.913. The third-order valence-electron chi connectivity index (χ3n) is 3.08. The van der Waals surface area contributed by atoms with Crippen molar-refractivity contribution in [2.75, 3.05) is 6.61 Å². The first kappa shape index (κ1) is 14.7. The van der Waals surface area contributed by atoms with Crippen LogP contribution in [0.4, 0.5) is 4.39 Å². The average molecular weight is 296 g/mol. The van der Waals surface area contributed by atoms with Crippen molar-refractivity contribution in [1.82, 2.24) is 4.72 Å². The lowest BCUT2D eigenvalue weighted by molar-refractivity contribution is 0.248. The van der Waals surface area contributed by atoms with Crippen LogP contribution in [0, 0.1) is 23.1 Å². The van der Waals surface area contributed by atoms with E-state index in [2.05, 4.69) is 4.72 Å². The molecule has 2 N–H and O–H groups in total. The molecule has 0 aliphatic heterocycles. The second-order valence-corrected chi connectivity index (χ2v) is 6.26. The lowest BCUT2D eigenvalue weighted by atomic mass is 10.1. The minimum absolute atomic E-state index is 0.0378. The fourth-order valence-electron chi connectivity index (χ4n) is 2.02. The van der Waals surface area contributed by atoms with Gasteiger partial charge in [0, 0.05) is 18.6 Å². The largest absolute Gasteiger partial charge is 0.396 e. The van der Waals surface area contributed by atoms with Gasteiger partial charge in [-0.15, -0.1) is 0 Å². The monoisotopic (exact) mass is 296 g/mol. The molecule has 0 amide bonds. The molecule has 1 aromatic rings. The normalized spacial score (nSPS) is 21.9. The van der Waals surface area contributed by atoms with Crippen LogP contribution in [-0.2, 0) is 10.0 Å². The van der Waals surface area contributed by atoms with Crippen LogP contribution in [-0.4, -0.2) is 26.2 Å². The maximum absolute atomic E-state index is 13.2. The molecule has 0 radical (unpaired) electrons. The summed E-state index contributed by atoms with van der Waals surface area (Å²) in [6.07, 6.45) is 3.90. The van der Waals surface area contributed by atoms with Gasteiger partial charge in [-0.25, -0.2) is 17.5 Å². The van der Waals surface area contributed by atoms with E-state index in [0.717, 1.165) is 18.2 Å². The van der Waals surface area contributed by atoms with E-state index in [1.165, 1.54) is 0 Å². The van der Waals surface area contributed by atoms with Gasteiger partial charge in [-0.2, -0.15) is 5.26 Å². The molecule has 0 heterocycles. The van der Waals surface area contributed by atoms with E-state index in [1.54, 1.807) is 18.2 Å². The first-order chi connectivity index (χ1) is 9.46. The summed E-state index contributed by atoms with van der Waals surface area (Å²) < 4.78 is 39.9. The number of nitriles is 1. The van der Waals surface area contributed by atoms with Gasteiger partial charge in [0.15, 0.2) is 0 Å². The third kappa shape index (κ3) is 3.04. The molecule has 0 saturated heterocycles. The number of aliphatic hydroxyl groups is 1. The Hall–Kier alpha value is -1.75. The van der Waals surface area contributed by atoms with Gasteiger partial charge in [0.05, 0.1) is 10.5 Å². The van der Waals surface area contributed by atoms with Gasteiger partial charge in [0.2, 0.25) is 10.0 Å². The number of halogens is 1. The van der Waals surface area contributed by atoms with Crippen LogP contribution in [0.25, 0.3) is 0 Å². The minimum Gasteiger partial charge on any atom is -0.396 e. The van der Waals surface area contributed by atoms with E-state index in [-0.39, 0.29) is 23.0 Å². The van der Waals surface area contributed by atoms with Crippen molar-refractivity contribution in [3.05, 3.63) is 41.7 Å². The lowest BCUT2D eigenvalue weighted by Crippen LogP contribution is -2.33. The molecule has 1 aliphatic rings. The number of nitrogens with one attached hydrogen (secondary N) is 1. The molecule has 1 aliphatic carbocycles. The number of benzene rings is 1. The Morgan fingerprint density at radius 3 is 2.80 bits per heavy atom. The molecule has 2 rings (SSSR count). The van der Waals surface area contributed by atoms with E-state index in [1.807, 2.05) is 0 Å². The molecule has 20 heavy (non-hydrogen) atoms. The molecular formula is C13H13FN2O3S. The first-order valence-corrected chi connectivity index (χ1v) is 7.46. The fourth-order valence-corrected chi connectivity index (χ4v) is 3.25. The maximum Gasteiger partial charge on any atom is 0.241 e. The van der Waals surface area contributed by atoms with Gasteiger partial charge >= 0.3 is 0 Å². The van der Waals surface area contributed by atoms with Gasteiger partial charge in [-0.1, -0.05) is 12.2 Å². The Labute approximate surface area is 116 Å². The van der Waals surface area contributed by atoms with Crippen LogP contribution >= 0.6 is 0 Å². The summed E-state index contributed by atoms with van der Waals surface area (Å²) in [6.45, 7) is -0.0378. The van der Waals surface area contributed by atoms with Crippen molar-refractivity contribution < 1.29 is 17.9 Å². The standard InChI is InChI=1S/C13H13FN2O3S/c14-13-4-3-12(6-10(13)7-15)20(18,19)16-11-2-1-9(5-11)8-17/h1-4,6,9,11,16-17H,5,8H2/t9-,11+/m0/s1. The molecule has 106 valence electrons. The van der Waals surface area contributed by atoms with Gasteiger partial charge in [0.25, 0.3) is 0 Å². The molecule has 0 spiro atoms. The quantitative estimate of drug-likeness (QED) is 0.808. The number of sulfonamides is 1. The molecule has 0 bridgehead atoms. The van der Waals surface area contributed by atoms with Gasteiger partial charge in [-0.3, -0.25) is 0 Å². The fraction of sp³-hybridized carbons (Fsp3) is 0.308. The predicted molar refractivity (Wildman–Crippen MR) is 69.6 cm³/mol. The number of aliphatic hydroxyl groups excluding tert-OH is 1. The first-order valence-electron chi connectivity index (χ1n) is 5.97. The van der Waals surface area contributed by atoms with Crippen molar-refractivity contribution >= 4 is 10.0 Å². The summed E-state index contributed by atoms with van der Waals surface area (Å²) in [6, 6.07) is 4.26. The molecule has 0 saturated carbocycles. The van der Waals surface area contributed by atoms with E-state index in [4.69, 9.17) is 10.4 Å². The summed E-state index contributed by atoms with van der Waals surface area (Å²) in [5.41, 5.74) is -0.317. The highest BCUT2D eigenvalue weighted by molar-refractivity contribution is 7.89. The van der Waals surface area contributed by atoms with E-state index < -0.39 is 21.9 Å². The van der Waals surface area contributed by atoms with Crippen molar-refractivity contribution in [1.29, 1.82) is 5.26 Å². The second-order valence-electron chi connectivity index (χ2n) is 4.54. The topological polar surface area (TPSA) is 90.2 Å². The Kier molecular flexibility index (Phi) is 4.18. The highest BCUT2D eigenvalue weighted by Crippen LogP contribution is 2.20. The molecule has 0 aromatic heterocycles. The van der Waals surface area contributed by atoms with Crippen molar-refractivity contribution in [3.8, 4) is 6.07 Å². The number of nitrogens with zero attached hydrogens (tertiary/aromatic N) is 1. The lowest BCUT2D eigenvalue weighted by Gasteiger charge is -2.13. The third-order valence-corrected chi connectivity index (χ3v) is 4.57. The SMILES string of the molecule is N#Cc1cc(S(=O)(=O)N[C@@H]2C=C[C@H](CO)C2)ccc1F. The Balaban J connectivity index is 2.20. The smallest absolute Gasteiger partial charge is 0.241 e. The summed E-state index contributed by atoms with van der Waals surface area (Å²) >= 11 is 0. The highest BCUT2D eigenvalue weighted by atomic mass is 32.2. The number of rotatable bonds is 4. The number of hydrogen-bond donors (Lipinski definition) is 2. The molecule has 2 atom stereocenters. The molecule has 5 nitrogen and oxygen atoms in total. The van der Waals surface area contributed by atoms with Crippen LogP contribution in [0.3, 0.4) is 0 Å². The average Bonchev–Trinajstić information content (AvgIpc) is 2.86. The van der Waals surface area contributed by atoms with Crippen molar-refractivity contribution in [2.45, 2.75) is 17.4 Å². The van der Waals surface area contributed by atoms with Crippen LogP contribution in [0.1, 0.15) is 12.0 Å². The van der Waals surface area contributed by atoms with Crippen LogP contribution in [0.2, 0.25) is 0 Å². The number of hydrogen-bond acceptors (Lipinski definition) is 4. The van der Waals surface area contributed by atoms with Crippen molar-refractivity contribution in [3.63, 3.8) is 0 Å². The highest BCUT2D eigenvalue weighted by Gasteiger charge is 2.24. The Morgan fingerprint density at radius 1 is 1.45 bits per heavy atom. The van der Waals surface area contributed by atoms with Crippen LogP contribution < -0.4 is 4.72 Å². The zero-order chi connectivity index (χ0) is 14.8. The maximum atomic E-state index is 13.2. The van der Waals surface area contributed by atoms with Gasteiger partial charge < -0.3 is 5.11 Å². The molecule has 7 heteroatoms. The van der Waals surface area contributed by atoms with Crippen molar-refractivity contribution in [2.24, 2.45) is 5.92 Å². The molecule has 0 fully saturated rings. The summed E-state index contributed by atoms with van der Waals surface area (Å²) in [5, 5.41) is 17.7. The van der Waals surface area contributed by atoms with Crippen LogP contribution in [0.15, 0.2) is 35.2 Å². The van der Waals surface area contributed by atoms with E-state index in [0.29, 0.717) is 6.42 Å². The van der Waals surface area contributed by atoms with Crippen LogP contribution in [0.5, 0.6) is 0 Å². The Morgan fingerprint density at radius 2 is 2.20 bits per heavy atom. The Bertz CT molecular complexity index is 679. The van der Waals surface area contributed by atoms with Gasteiger partial charge in [0.1, 0.15) is 11.9 Å². The van der Waals surface area contributed by atoms with Gasteiger partial charge in [-0.05, 0) is 24.6 Å². The summed E-state index contributed by atoms with van der Waals surface area (Å²) in [5.74, 6) is -0.821. The summed E-state index contributed by atoms with van der Waals surface area (Å²) in [7, 11) is -3.83. The molecular weight excluding hydrogens is 283 g/mol. The molecule has 1 aromatic carbocycles. The van der Waals surface area contributed by atoms with E-state index in [9.17, 15) is 12.8 Å². The van der Waals surface area contributed by atoms with E-state index >= 15 is 0 Å². The zero-order valence-corrected chi connectivity index (χ0v) is 11.3. The second kappa shape index (κ2) is 5.71. The minimum atomic E-state index is -3.83.